The largest absolute Gasteiger partial charge is 0.370 e. The van der Waals surface area contributed by atoms with Crippen molar-refractivity contribution in [2.45, 2.75) is 19.1 Å². The van der Waals surface area contributed by atoms with Crippen LogP contribution in [-0.2, 0) is 9.53 Å². The molecule has 0 radical (unpaired) electrons. The van der Waals surface area contributed by atoms with Gasteiger partial charge in [0.15, 0.2) is 0 Å². The van der Waals surface area contributed by atoms with E-state index < -0.39 is 23.8 Å². The number of methoxy groups -OCH3 is 1. The zero-order valence-electron chi connectivity index (χ0n) is 11.6. The van der Waals surface area contributed by atoms with E-state index in [4.69, 9.17) is 10.5 Å². The third-order valence-corrected chi connectivity index (χ3v) is 3.11. The summed E-state index contributed by atoms with van der Waals surface area (Å²) in [7, 11) is 2.87. The maximum absolute atomic E-state index is 13.6. The normalized spacial score (nSPS) is 13.3. The van der Waals surface area contributed by atoms with Crippen molar-refractivity contribution in [3.8, 4) is 0 Å². The Morgan fingerprint density at radius 3 is 2.55 bits per heavy atom. The highest BCUT2D eigenvalue weighted by molar-refractivity contribution is 5.85. The lowest BCUT2D eigenvalue weighted by Gasteiger charge is -2.28. The average molecular weight is 309 g/mol. The quantitative estimate of drug-likeness (QED) is 0.903. The number of nitrogens with two attached hydrogens (primary N) is 1. The first kappa shape index (κ1) is 18.8. The van der Waals surface area contributed by atoms with Gasteiger partial charge in [0.25, 0.3) is 5.91 Å². The molecule has 0 heterocycles. The van der Waals surface area contributed by atoms with Crippen LogP contribution in [0, 0.1) is 11.6 Å². The van der Waals surface area contributed by atoms with Gasteiger partial charge in [0, 0.05) is 26.3 Å². The molecule has 0 fully saturated rings. The van der Waals surface area contributed by atoms with E-state index in [1.807, 2.05) is 0 Å². The van der Waals surface area contributed by atoms with Gasteiger partial charge in [-0.05, 0) is 25.1 Å². The van der Waals surface area contributed by atoms with Crippen molar-refractivity contribution in [1.29, 1.82) is 0 Å². The number of likely N-dealkylation sites (N-methyl/N-ethyl adjacent to an activating group) is 1. The maximum atomic E-state index is 13.6. The molecule has 7 heteroatoms. The predicted octanol–water partition coefficient (Wildman–Crippen LogP) is 1.88. The van der Waals surface area contributed by atoms with E-state index in [0.29, 0.717) is 0 Å². The van der Waals surface area contributed by atoms with E-state index in [2.05, 4.69) is 0 Å². The van der Waals surface area contributed by atoms with Crippen LogP contribution in [0.1, 0.15) is 18.5 Å². The SMILES string of the molecule is COC(CN)C(=O)N(C)C(C)c1cc(F)ccc1F.Cl. The molecule has 20 heavy (non-hydrogen) atoms. The van der Waals surface area contributed by atoms with Crippen LogP contribution in [0.5, 0.6) is 0 Å². The minimum absolute atomic E-state index is 0. The van der Waals surface area contributed by atoms with Crippen LogP contribution in [0.3, 0.4) is 0 Å². The van der Waals surface area contributed by atoms with Gasteiger partial charge in [-0.2, -0.15) is 0 Å². The third-order valence-electron chi connectivity index (χ3n) is 3.11. The van der Waals surface area contributed by atoms with Crippen LogP contribution in [-0.4, -0.2) is 37.6 Å². The van der Waals surface area contributed by atoms with Crippen LogP contribution in [0.15, 0.2) is 18.2 Å². The summed E-state index contributed by atoms with van der Waals surface area (Å²) in [4.78, 5) is 13.3. The summed E-state index contributed by atoms with van der Waals surface area (Å²) in [5.41, 5.74) is 5.52. The summed E-state index contributed by atoms with van der Waals surface area (Å²) in [6.07, 6.45) is -0.788. The topological polar surface area (TPSA) is 55.6 Å². The molecule has 0 aliphatic rings. The van der Waals surface area contributed by atoms with E-state index in [1.165, 1.54) is 19.1 Å². The highest BCUT2D eigenvalue weighted by Gasteiger charge is 2.26. The van der Waals surface area contributed by atoms with Crippen molar-refractivity contribution < 1.29 is 18.3 Å². The Morgan fingerprint density at radius 1 is 1.45 bits per heavy atom. The number of rotatable bonds is 5. The summed E-state index contributed by atoms with van der Waals surface area (Å²) < 4.78 is 31.7. The van der Waals surface area contributed by atoms with Gasteiger partial charge in [-0.15, -0.1) is 12.4 Å². The number of hydrogen-bond acceptors (Lipinski definition) is 3. The van der Waals surface area contributed by atoms with E-state index in [1.54, 1.807) is 6.92 Å². The van der Waals surface area contributed by atoms with E-state index in [-0.39, 0.29) is 30.4 Å². The van der Waals surface area contributed by atoms with Crippen molar-refractivity contribution in [3.05, 3.63) is 35.4 Å². The smallest absolute Gasteiger partial charge is 0.253 e. The van der Waals surface area contributed by atoms with Crippen LogP contribution in [0.4, 0.5) is 8.78 Å². The summed E-state index contributed by atoms with van der Waals surface area (Å²) in [5, 5.41) is 0. The molecule has 2 unspecified atom stereocenters. The van der Waals surface area contributed by atoms with Gasteiger partial charge in [0.05, 0.1) is 6.04 Å². The Morgan fingerprint density at radius 2 is 2.05 bits per heavy atom. The van der Waals surface area contributed by atoms with Gasteiger partial charge in [-0.1, -0.05) is 0 Å². The van der Waals surface area contributed by atoms with Gasteiger partial charge in [0.1, 0.15) is 17.7 Å². The minimum atomic E-state index is -0.788. The second-order valence-corrected chi connectivity index (χ2v) is 4.25. The zero-order valence-corrected chi connectivity index (χ0v) is 12.4. The number of ether oxygens (including phenoxy) is 1. The molecule has 0 aliphatic heterocycles. The van der Waals surface area contributed by atoms with Crippen molar-refractivity contribution in [1.82, 2.24) is 4.90 Å². The summed E-state index contributed by atoms with van der Waals surface area (Å²) in [6, 6.07) is 2.53. The van der Waals surface area contributed by atoms with Gasteiger partial charge < -0.3 is 15.4 Å². The number of amides is 1. The Bertz CT molecular complexity index is 456. The molecule has 2 N–H and O–H groups in total. The molecule has 114 valence electrons. The van der Waals surface area contributed by atoms with Crippen molar-refractivity contribution in [2.24, 2.45) is 5.73 Å². The molecule has 0 aliphatic carbocycles. The Labute approximate surface area is 123 Å². The molecule has 0 aromatic heterocycles. The van der Waals surface area contributed by atoms with Crippen LogP contribution in [0.25, 0.3) is 0 Å². The number of carbonyl (C=O) groups is 1. The average Bonchev–Trinajstić information content (AvgIpc) is 2.41. The van der Waals surface area contributed by atoms with Crippen LogP contribution < -0.4 is 5.73 Å². The van der Waals surface area contributed by atoms with E-state index in [9.17, 15) is 13.6 Å². The van der Waals surface area contributed by atoms with E-state index >= 15 is 0 Å². The molecule has 4 nitrogen and oxygen atoms in total. The summed E-state index contributed by atoms with van der Waals surface area (Å²) in [6.45, 7) is 1.64. The summed E-state index contributed by atoms with van der Waals surface area (Å²) in [5.74, 6) is -1.48. The fraction of sp³-hybridized carbons (Fsp3) is 0.462. The highest BCUT2D eigenvalue weighted by Crippen LogP contribution is 2.23. The second-order valence-electron chi connectivity index (χ2n) is 4.25. The fourth-order valence-corrected chi connectivity index (χ4v) is 1.76. The lowest BCUT2D eigenvalue weighted by molar-refractivity contribution is -0.142. The Balaban J connectivity index is 0.00000361. The van der Waals surface area contributed by atoms with Crippen LogP contribution >= 0.6 is 12.4 Å². The monoisotopic (exact) mass is 308 g/mol. The molecule has 1 aromatic rings. The van der Waals surface area contributed by atoms with Gasteiger partial charge in [0.2, 0.25) is 0 Å². The van der Waals surface area contributed by atoms with Crippen molar-refractivity contribution >= 4 is 18.3 Å². The van der Waals surface area contributed by atoms with Crippen molar-refractivity contribution in [2.75, 3.05) is 20.7 Å². The lowest BCUT2D eigenvalue weighted by Crippen LogP contribution is -2.42. The van der Waals surface area contributed by atoms with Gasteiger partial charge in [-0.3, -0.25) is 4.79 Å². The number of halogens is 3. The fourth-order valence-electron chi connectivity index (χ4n) is 1.76. The number of benzene rings is 1. The lowest BCUT2D eigenvalue weighted by atomic mass is 10.1. The molecule has 0 bridgehead atoms. The highest BCUT2D eigenvalue weighted by atomic mass is 35.5. The Kier molecular flexibility index (Phi) is 7.63. The first-order valence-corrected chi connectivity index (χ1v) is 5.86. The number of nitrogens with zero attached hydrogens (tertiary/aromatic N) is 1. The van der Waals surface area contributed by atoms with Crippen molar-refractivity contribution in [3.63, 3.8) is 0 Å². The molecular formula is C13H19ClF2N2O2. The number of carbonyl (C=O) groups excluding carboxylic acids is 1. The molecule has 1 rings (SSSR count). The third kappa shape index (κ3) is 4.13. The van der Waals surface area contributed by atoms with E-state index in [0.717, 1.165) is 18.2 Å². The molecule has 1 aromatic carbocycles. The number of hydrogen-bond donors (Lipinski definition) is 1. The molecule has 2 atom stereocenters. The zero-order chi connectivity index (χ0) is 14.6. The Hall–Kier alpha value is -1.24. The van der Waals surface area contributed by atoms with Crippen LogP contribution in [0.2, 0.25) is 0 Å². The second kappa shape index (κ2) is 8.14. The molecule has 0 saturated carbocycles. The van der Waals surface area contributed by atoms with Gasteiger partial charge in [-0.25, -0.2) is 8.78 Å². The standard InChI is InChI=1S/C13H18F2N2O2.ClH/c1-8(10-6-9(14)4-5-11(10)15)17(2)13(18)12(7-16)19-3;/h4-6,8,12H,7,16H2,1-3H3;1H. The summed E-state index contributed by atoms with van der Waals surface area (Å²) >= 11 is 0. The first-order chi connectivity index (χ1) is 8.92. The molecule has 0 saturated heterocycles. The predicted molar refractivity (Wildman–Crippen MR) is 74.6 cm³/mol. The maximum Gasteiger partial charge on any atom is 0.253 e. The molecule has 1 amide bonds. The molecule has 0 spiro atoms. The first-order valence-electron chi connectivity index (χ1n) is 5.86. The molecular weight excluding hydrogens is 290 g/mol. The van der Waals surface area contributed by atoms with Gasteiger partial charge >= 0.3 is 0 Å². The minimum Gasteiger partial charge on any atom is -0.370 e.